The Kier molecular flexibility index (Phi) is 9.01. The summed E-state index contributed by atoms with van der Waals surface area (Å²) in [6, 6.07) is 12.4. The Hall–Kier alpha value is -4.96. The van der Waals surface area contributed by atoms with Crippen LogP contribution in [0, 0.1) is 6.57 Å². The van der Waals surface area contributed by atoms with Crippen LogP contribution in [-0.2, 0) is 18.0 Å². The fourth-order valence-corrected chi connectivity index (χ4v) is 6.25. The van der Waals surface area contributed by atoms with Crippen LogP contribution in [0.1, 0.15) is 54.4 Å². The number of halogens is 3. The summed E-state index contributed by atoms with van der Waals surface area (Å²) in [6.45, 7) is 8.02. The van der Waals surface area contributed by atoms with E-state index in [0.29, 0.717) is 40.8 Å². The van der Waals surface area contributed by atoms with Crippen LogP contribution in [0.3, 0.4) is 0 Å². The number of carbonyl (C=O) groups is 2. The number of carbonyl (C=O) groups excluding carboxylic acids is 2. The summed E-state index contributed by atoms with van der Waals surface area (Å²) in [5.41, 5.74) is -2.03. The summed E-state index contributed by atoms with van der Waals surface area (Å²) in [6.07, 6.45) is 0.0144. The monoisotopic (exact) mass is 648 g/mol. The summed E-state index contributed by atoms with van der Waals surface area (Å²) in [4.78, 5) is 45.6. The highest BCUT2D eigenvalue weighted by Gasteiger charge is 2.43. The number of amides is 1. The molecule has 1 N–H and O–H groups in total. The van der Waals surface area contributed by atoms with E-state index in [1.54, 1.807) is 30.3 Å². The van der Waals surface area contributed by atoms with E-state index in [-0.39, 0.29) is 29.1 Å². The van der Waals surface area contributed by atoms with Crippen molar-refractivity contribution in [1.82, 2.24) is 24.5 Å². The minimum absolute atomic E-state index is 0.0907. The Morgan fingerprint density at radius 1 is 1.04 bits per heavy atom. The summed E-state index contributed by atoms with van der Waals surface area (Å²) in [7, 11) is 7.59. The Bertz CT molecular complexity index is 1900. The highest BCUT2D eigenvalue weighted by Crippen LogP contribution is 2.34. The first-order valence-corrected chi connectivity index (χ1v) is 15.3. The minimum atomic E-state index is -4.66. The number of alkyl halides is 3. The van der Waals surface area contributed by atoms with Gasteiger partial charge in [-0.05, 0) is 49.2 Å². The molecule has 0 radical (unpaired) electrons. The summed E-state index contributed by atoms with van der Waals surface area (Å²) in [5, 5.41) is 7.33. The first kappa shape index (κ1) is 33.4. The second kappa shape index (κ2) is 12.7. The number of ketones is 1. The van der Waals surface area contributed by atoms with Crippen LogP contribution >= 0.6 is 0 Å². The molecule has 2 heterocycles. The molecule has 0 aliphatic heterocycles. The second-order valence-electron chi connectivity index (χ2n) is 13.0. The SMILES string of the molecule is [C-]#[N+]c1ccc(-n2nccc2-c2c(C(=O)NC3(C(=O)CCC[N+](C)(C)C)CCCC3)c(=O)n(-c3cccc(C(F)(F)F)c3)n2C)cc1. The van der Waals surface area contributed by atoms with Crippen LogP contribution in [0.5, 0.6) is 0 Å². The van der Waals surface area contributed by atoms with Crippen LogP contribution in [0.4, 0.5) is 18.9 Å². The van der Waals surface area contributed by atoms with Crippen molar-refractivity contribution in [3.8, 4) is 22.8 Å². The van der Waals surface area contributed by atoms with E-state index in [9.17, 15) is 27.6 Å². The third kappa shape index (κ3) is 6.78. The largest absolute Gasteiger partial charge is 0.416 e. The van der Waals surface area contributed by atoms with Crippen molar-refractivity contribution in [3.05, 3.63) is 93.7 Å². The first-order chi connectivity index (χ1) is 22.1. The van der Waals surface area contributed by atoms with E-state index in [1.165, 1.54) is 34.7 Å². The molecule has 47 heavy (non-hydrogen) atoms. The molecule has 2 aromatic carbocycles. The lowest BCUT2D eigenvalue weighted by Crippen LogP contribution is -2.53. The zero-order valence-electron chi connectivity index (χ0n) is 26.8. The van der Waals surface area contributed by atoms with Gasteiger partial charge in [-0.1, -0.05) is 31.0 Å². The van der Waals surface area contributed by atoms with E-state index in [2.05, 4.69) is 15.3 Å². The van der Waals surface area contributed by atoms with Gasteiger partial charge in [0.2, 0.25) is 0 Å². The number of quaternary nitrogens is 1. The molecule has 1 amide bonds. The highest BCUT2D eigenvalue weighted by molar-refractivity contribution is 6.03. The topological polar surface area (TPSA) is 95.3 Å². The van der Waals surface area contributed by atoms with Crippen molar-refractivity contribution < 1.29 is 27.2 Å². The fourth-order valence-electron chi connectivity index (χ4n) is 6.25. The molecule has 0 saturated heterocycles. The van der Waals surface area contributed by atoms with E-state index in [4.69, 9.17) is 6.57 Å². The zero-order valence-corrected chi connectivity index (χ0v) is 26.8. The van der Waals surface area contributed by atoms with Crippen LogP contribution < -0.4 is 10.9 Å². The van der Waals surface area contributed by atoms with Gasteiger partial charge in [0.25, 0.3) is 11.5 Å². The Morgan fingerprint density at radius 3 is 2.34 bits per heavy atom. The number of nitrogens with zero attached hydrogens (tertiary/aromatic N) is 6. The van der Waals surface area contributed by atoms with Crippen molar-refractivity contribution in [2.24, 2.45) is 7.05 Å². The lowest BCUT2D eigenvalue weighted by atomic mass is 9.88. The zero-order chi connectivity index (χ0) is 34.1. The van der Waals surface area contributed by atoms with Gasteiger partial charge in [0, 0.05) is 19.9 Å². The predicted molar refractivity (Wildman–Crippen MR) is 171 cm³/mol. The number of Topliss-reactive ketones (excluding diaryl/α,β-unsaturated/α-hetero) is 1. The third-order valence-corrected chi connectivity index (χ3v) is 8.60. The number of hydrogen-bond acceptors (Lipinski definition) is 4. The summed E-state index contributed by atoms with van der Waals surface area (Å²) in [5.74, 6) is -0.887. The molecule has 1 aliphatic carbocycles. The molecule has 0 atom stereocenters. The smallest absolute Gasteiger partial charge is 0.339 e. The van der Waals surface area contributed by atoms with Crippen molar-refractivity contribution in [3.63, 3.8) is 0 Å². The molecular weight excluding hydrogens is 611 g/mol. The van der Waals surface area contributed by atoms with E-state index in [1.807, 2.05) is 21.1 Å². The number of aromatic nitrogens is 4. The maximum Gasteiger partial charge on any atom is 0.416 e. The normalized spacial score (nSPS) is 14.6. The lowest BCUT2D eigenvalue weighted by molar-refractivity contribution is -0.870. The van der Waals surface area contributed by atoms with Gasteiger partial charge in [0.15, 0.2) is 11.5 Å². The van der Waals surface area contributed by atoms with E-state index >= 15 is 0 Å². The molecule has 4 aromatic rings. The lowest BCUT2D eigenvalue weighted by Gasteiger charge is -2.30. The predicted octanol–water partition coefficient (Wildman–Crippen LogP) is 5.70. The van der Waals surface area contributed by atoms with Crippen LogP contribution in [0.25, 0.3) is 27.6 Å². The quantitative estimate of drug-likeness (QED) is 0.177. The molecule has 0 spiro atoms. The van der Waals surface area contributed by atoms with Crippen molar-refractivity contribution in [2.45, 2.75) is 50.2 Å². The Balaban J connectivity index is 1.64. The minimum Gasteiger partial charge on any atom is -0.339 e. The molecule has 1 saturated carbocycles. The van der Waals surface area contributed by atoms with Crippen molar-refractivity contribution in [1.29, 1.82) is 0 Å². The molecule has 0 unspecified atom stereocenters. The van der Waals surface area contributed by atoms with Crippen molar-refractivity contribution in [2.75, 3.05) is 27.7 Å². The molecule has 10 nitrogen and oxygen atoms in total. The van der Waals surface area contributed by atoms with Gasteiger partial charge in [-0.3, -0.25) is 19.1 Å². The standard InChI is InChI=1S/C34H36F3N7O3/c1-38-24-13-15-25(16-14-24)42-27(17-20-39-42)30-29(32(47)43(41(30)2)26-11-8-10-23(22-26)34(35,36)37)31(46)40-33(18-6-7-19-33)28(45)12-9-21-44(3,4)5/h8,10-11,13-17,20,22H,6-7,9,12,18-19,21H2,2-5H3/p+1. The number of hydrogen-bond donors (Lipinski definition) is 1. The molecule has 0 bridgehead atoms. The number of benzene rings is 2. The first-order valence-electron chi connectivity index (χ1n) is 15.3. The molecule has 5 rings (SSSR count). The van der Waals surface area contributed by atoms with E-state index in [0.717, 1.165) is 36.2 Å². The van der Waals surface area contributed by atoms with Gasteiger partial charge in [-0.15, -0.1) is 0 Å². The van der Waals surface area contributed by atoms with Crippen LogP contribution in [-0.4, -0.2) is 68.5 Å². The molecule has 13 heteroatoms. The van der Waals surface area contributed by atoms with E-state index < -0.39 is 28.7 Å². The second-order valence-corrected chi connectivity index (χ2v) is 13.0. The van der Waals surface area contributed by atoms with Gasteiger partial charge in [-0.25, -0.2) is 14.2 Å². The van der Waals surface area contributed by atoms with Gasteiger partial charge in [0.05, 0.1) is 68.6 Å². The average Bonchev–Trinajstić information content (AvgIpc) is 3.74. The Labute approximate surface area is 270 Å². The van der Waals surface area contributed by atoms with Crippen LogP contribution in [0.15, 0.2) is 65.6 Å². The maximum atomic E-state index is 14.3. The highest BCUT2D eigenvalue weighted by atomic mass is 19.4. The molecule has 1 aliphatic rings. The molecule has 1 fully saturated rings. The van der Waals surface area contributed by atoms with Gasteiger partial charge in [-0.2, -0.15) is 18.3 Å². The Morgan fingerprint density at radius 2 is 1.72 bits per heavy atom. The third-order valence-electron chi connectivity index (χ3n) is 8.60. The molecular formula is C34H37F3N7O3+. The number of nitrogens with one attached hydrogen (secondary N) is 1. The fraction of sp³-hybridized carbons (Fsp3) is 0.382. The maximum absolute atomic E-state index is 14.3. The molecule has 2 aromatic heterocycles. The number of rotatable bonds is 10. The summed E-state index contributed by atoms with van der Waals surface area (Å²) < 4.78 is 45.6. The average molecular weight is 649 g/mol. The van der Waals surface area contributed by atoms with Gasteiger partial charge < -0.3 is 9.80 Å². The molecule has 246 valence electrons. The van der Waals surface area contributed by atoms with Crippen LogP contribution in [0.2, 0.25) is 0 Å². The van der Waals surface area contributed by atoms with Gasteiger partial charge >= 0.3 is 6.18 Å². The van der Waals surface area contributed by atoms with Crippen molar-refractivity contribution >= 4 is 17.4 Å². The van der Waals surface area contributed by atoms with Gasteiger partial charge in [0.1, 0.15) is 11.3 Å². The summed E-state index contributed by atoms with van der Waals surface area (Å²) >= 11 is 0.